The summed E-state index contributed by atoms with van der Waals surface area (Å²) in [6.45, 7) is 2.29. The molecule has 0 radical (unpaired) electrons. The Balaban J connectivity index is 2.17. The van der Waals surface area contributed by atoms with Crippen molar-refractivity contribution in [3.63, 3.8) is 0 Å². The predicted octanol–water partition coefficient (Wildman–Crippen LogP) is 2.44. The molecule has 1 heterocycles. The Morgan fingerprint density at radius 2 is 2.15 bits per heavy atom. The number of halogens is 1. The molecule has 0 saturated heterocycles. The van der Waals surface area contributed by atoms with E-state index in [1.54, 1.807) is 12.1 Å². The number of ether oxygens (including phenoxy) is 1. The number of hydrogen-bond acceptors (Lipinski definition) is 4. The van der Waals surface area contributed by atoms with E-state index in [1.807, 2.05) is 19.1 Å². The van der Waals surface area contributed by atoms with Crippen molar-refractivity contribution in [2.45, 2.75) is 20.1 Å². The number of aryl methyl sites for hydroxylation is 1. The van der Waals surface area contributed by atoms with Gasteiger partial charge in [-0.3, -0.25) is 4.98 Å². The second-order valence-electron chi connectivity index (χ2n) is 4.35. The second-order valence-corrected chi connectivity index (χ2v) is 4.35. The normalized spacial score (nSPS) is 10.1. The fourth-order valence-electron chi connectivity index (χ4n) is 1.83. The van der Waals surface area contributed by atoms with Crippen molar-refractivity contribution in [1.29, 1.82) is 5.26 Å². The third kappa shape index (κ3) is 3.31. The van der Waals surface area contributed by atoms with Crippen molar-refractivity contribution in [3.8, 4) is 11.8 Å². The van der Waals surface area contributed by atoms with Crippen LogP contribution in [0.1, 0.15) is 22.5 Å². The monoisotopic (exact) mass is 271 g/mol. The van der Waals surface area contributed by atoms with Crippen molar-refractivity contribution >= 4 is 0 Å². The van der Waals surface area contributed by atoms with E-state index in [9.17, 15) is 4.39 Å². The molecule has 0 aliphatic heterocycles. The molecule has 0 unspecified atom stereocenters. The minimum Gasteiger partial charge on any atom is -0.487 e. The number of hydrogen-bond donors (Lipinski definition) is 1. The van der Waals surface area contributed by atoms with Crippen LogP contribution in [0.25, 0.3) is 0 Å². The Kier molecular flexibility index (Phi) is 4.28. The van der Waals surface area contributed by atoms with Crippen LogP contribution in [0.15, 0.2) is 30.3 Å². The van der Waals surface area contributed by atoms with Gasteiger partial charge >= 0.3 is 0 Å². The minimum absolute atomic E-state index is 0.157. The van der Waals surface area contributed by atoms with Gasteiger partial charge in [-0.15, -0.1) is 0 Å². The molecular formula is C15H14FN3O. The quantitative estimate of drug-likeness (QED) is 0.927. The van der Waals surface area contributed by atoms with Crippen molar-refractivity contribution in [3.05, 3.63) is 58.7 Å². The number of rotatable bonds is 4. The maximum absolute atomic E-state index is 13.3. The van der Waals surface area contributed by atoms with Crippen LogP contribution in [0.3, 0.4) is 0 Å². The molecule has 102 valence electrons. The number of nitrogens with two attached hydrogens (primary N) is 1. The van der Waals surface area contributed by atoms with Gasteiger partial charge in [0.05, 0.1) is 17.3 Å². The lowest BCUT2D eigenvalue weighted by molar-refractivity contribution is 0.300. The Bertz CT molecular complexity index is 665. The summed E-state index contributed by atoms with van der Waals surface area (Å²) < 4.78 is 18.9. The molecule has 2 aromatic rings. The summed E-state index contributed by atoms with van der Waals surface area (Å²) >= 11 is 0. The van der Waals surface area contributed by atoms with Crippen molar-refractivity contribution in [1.82, 2.24) is 4.98 Å². The van der Waals surface area contributed by atoms with E-state index in [0.717, 1.165) is 5.69 Å². The highest BCUT2D eigenvalue weighted by molar-refractivity contribution is 5.34. The minimum atomic E-state index is -0.455. The molecule has 4 nitrogen and oxygen atoms in total. The third-order valence-corrected chi connectivity index (χ3v) is 2.75. The number of nitrogens with zero attached hydrogens (tertiary/aromatic N) is 2. The van der Waals surface area contributed by atoms with E-state index in [1.165, 1.54) is 12.1 Å². The van der Waals surface area contributed by atoms with Crippen LogP contribution in [0.2, 0.25) is 0 Å². The average molecular weight is 271 g/mol. The molecule has 0 aliphatic rings. The van der Waals surface area contributed by atoms with E-state index in [0.29, 0.717) is 17.0 Å². The number of pyridine rings is 1. The Morgan fingerprint density at radius 3 is 2.85 bits per heavy atom. The summed E-state index contributed by atoms with van der Waals surface area (Å²) in [7, 11) is 0. The van der Waals surface area contributed by atoms with Crippen LogP contribution >= 0.6 is 0 Å². The largest absolute Gasteiger partial charge is 0.487 e. The Hall–Kier alpha value is -2.45. The number of aromatic nitrogens is 1. The first-order chi connectivity index (χ1) is 9.62. The van der Waals surface area contributed by atoms with E-state index in [2.05, 4.69) is 4.98 Å². The standard InChI is InChI=1S/C15H14FN3O/c1-10-2-3-15(14(8-18)19-10)20-9-12-4-11(7-17)5-13(16)6-12/h2-6H,8-9,18H2,1H3. The van der Waals surface area contributed by atoms with Gasteiger partial charge < -0.3 is 10.5 Å². The van der Waals surface area contributed by atoms with Crippen molar-refractivity contribution in [2.24, 2.45) is 5.73 Å². The third-order valence-electron chi connectivity index (χ3n) is 2.75. The van der Waals surface area contributed by atoms with Crippen LogP contribution in [0, 0.1) is 24.1 Å². The maximum atomic E-state index is 13.3. The summed E-state index contributed by atoms with van der Waals surface area (Å²) in [4.78, 5) is 4.28. The van der Waals surface area contributed by atoms with Gasteiger partial charge in [0.25, 0.3) is 0 Å². The second kappa shape index (κ2) is 6.13. The number of nitriles is 1. The van der Waals surface area contributed by atoms with Crippen molar-refractivity contribution < 1.29 is 9.13 Å². The van der Waals surface area contributed by atoms with Crippen LogP contribution in [-0.2, 0) is 13.2 Å². The first kappa shape index (κ1) is 14.0. The molecule has 0 aliphatic carbocycles. The summed E-state index contributed by atoms with van der Waals surface area (Å²) in [5.74, 6) is 0.115. The molecule has 1 aromatic heterocycles. The summed E-state index contributed by atoms with van der Waals surface area (Å²) in [5.41, 5.74) is 7.98. The molecular weight excluding hydrogens is 257 g/mol. The molecule has 0 spiro atoms. The van der Waals surface area contributed by atoms with Gasteiger partial charge in [0.15, 0.2) is 0 Å². The molecule has 0 amide bonds. The van der Waals surface area contributed by atoms with Gasteiger partial charge in [-0.25, -0.2) is 4.39 Å². The van der Waals surface area contributed by atoms with Gasteiger partial charge in [0.2, 0.25) is 0 Å². The van der Waals surface area contributed by atoms with Crippen LogP contribution in [0.5, 0.6) is 5.75 Å². The van der Waals surface area contributed by atoms with Crippen molar-refractivity contribution in [2.75, 3.05) is 0 Å². The average Bonchev–Trinajstić information content (AvgIpc) is 2.45. The van der Waals surface area contributed by atoms with Gasteiger partial charge in [0.1, 0.15) is 18.2 Å². The smallest absolute Gasteiger partial charge is 0.142 e. The van der Waals surface area contributed by atoms with Gasteiger partial charge in [0, 0.05) is 12.2 Å². The first-order valence-electron chi connectivity index (χ1n) is 6.11. The SMILES string of the molecule is Cc1ccc(OCc2cc(F)cc(C#N)c2)c(CN)n1. The summed E-state index contributed by atoms with van der Waals surface area (Å²) in [6.07, 6.45) is 0. The summed E-state index contributed by atoms with van der Waals surface area (Å²) in [6, 6.07) is 9.63. The van der Waals surface area contributed by atoms with Crippen LogP contribution < -0.4 is 10.5 Å². The highest BCUT2D eigenvalue weighted by Crippen LogP contribution is 2.18. The molecule has 20 heavy (non-hydrogen) atoms. The zero-order chi connectivity index (χ0) is 14.5. The fraction of sp³-hybridized carbons (Fsp3) is 0.200. The van der Waals surface area contributed by atoms with Gasteiger partial charge in [-0.05, 0) is 42.8 Å². The Labute approximate surface area is 116 Å². The lowest BCUT2D eigenvalue weighted by Crippen LogP contribution is -2.06. The van der Waals surface area contributed by atoms with E-state index < -0.39 is 5.82 Å². The molecule has 0 saturated carbocycles. The van der Waals surface area contributed by atoms with Gasteiger partial charge in [-0.1, -0.05) is 0 Å². The maximum Gasteiger partial charge on any atom is 0.142 e. The number of benzene rings is 1. The predicted molar refractivity (Wildman–Crippen MR) is 72.3 cm³/mol. The zero-order valence-corrected chi connectivity index (χ0v) is 11.1. The molecule has 0 atom stereocenters. The molecule has 2 rings (SSSR count). The Morgan fingerprint density at radius 1 is 1.35 bits per heavy atom. The van der Waals surface area contributed by atoms with E-state index in [-0.39, 0.29) is 18.7 Å². The topological polar surface area (TPSA) is 71.9 Å². The summed E-state index contributed by atoms with van der Waals surface area (Å²) in [5, 5.41) is 8.80. The molecule has 0 bridgehead atoms. The van der Waals surface area contributed by atoms with Crippen LogP contribution in [-0.4, -0.2) is 4.98 Å². The first-order valence-corrected chi connectivity index (χ1v) is 6.11. The van der Waals surface area contributed by atoms with E-state index >= 15 is 0 Å². The van der Waals surface area contributed by atoms with Crippen LogP contribution in [0.4, 0.5) is 4.39 Å². The molecule has 0 fully saturated rings. The fourth-order valence-corrected chi connectivity index (χ4v) is 1.83. The lowest BCUT2D eigenvalue weighted by Gasteiger charge is -2.10. The highest BCUT2D eigenvalue weighted by Gasteiger charge is 2.06. The highest BCUT2D eigenvalue weighted by atomic mass is 19.1. The van der Waals surface area contributed by atoms with Gasteiger partial charge in [-0.2, -0.15) is 5.26 Å². The molecule has 2 N–H and O–H groups in total. The van der Waals surface area contributed by atoms with E-state index in [4.69, 9.17) is 15.7 Å². The lowest BCUT2D eigenvalue weighted by atomic mass is 10.1. The molecule has 5 heteroatoms. The molecule has 1 aromatic carbocycles. The zero-order valence-electron chi connectivity index (χ0n) is 11.1.